The Morgan fingerprint density at radius 2 is 2.38 bits per heavy atom. The second kappa shape index (κ2) is 4.04. The van der Waals surface area contributed by atoms with Gasteiger partial charge in [0.05, 0.1) is 17.7 Å². The van der Waals surface area contributed by atoms with Crippen molar-refractivity contribution >= 4 is 11.5 Å². The lowest BCUT2D eigenvalue weighted by Crippen LogP contribution is -2.12. The van der Waals surface area contributed by atoms with E-state index in [0.717, 1.165) is 5.69 Å². The van der Waals surface area contributed by atoms with E-state index in [9.17, 15) is 9.18 Å². The van der Waals surface area contributed by atoms with Gasteiger partial charge >= 0.3 is 0 Å². The van der Waals surface area contributed by atoms with E-state index in [1.54, 1.807) is 23.2 Å². The maximum Gasteiger partial charge on any atom is 0.143 e. The van der Waals surface area contributed by atoms with Crippen molar-refractivity contribution in [3.05, 3.63) is 36.2 Å². The van der Waals surface area contributed by atoms with Gasteiger partial charge in [0.25, 0.3) is 0 Å². The Labute approximate surface area is 93.3 Å². The second-order valence-corrected chi connectivity index (χ2v) is 3.98. The van der Waals surface area contributed by atoms with Crippen LogP contribution in [0.15, 0.2) is 30.5 Å². The molecular formula is C12H13FN2O. The number of rotatable bonds is 2. The van der Waals surface area contributed by atoms with E-state index in [4.69, 9.17) is 0 Å². The molecule has 16 heavy (non-hydrogen) atoms. The minimum absolute atomic E-state index is 0.00717. The molecule has 0 aliphatic heterocycles. The van der Waals surface area contributed by atoms with E-state index < -0.39 is 0 Å². The molecule has 84 valence electrons. The highest BCUT2D eigenvalue weighted by atomic mass is 19.1. The first-order valence-corrected chi connectivity index (χ1v) is 5.17. The molecular weight excluding hydrogens is 207 g/mol. The van der Waals surface area contributed by atoms with Crippen LogP contribution in [0.2, 0.25) is 0 Å². The van der Waals surface area contributed by atoms with Gasteiger partial charge in [0.15, 0.2) is 0 Å². The third kappa shape index (κ3) is 1.96. The molecule has 3 nitrogen and oxygen atoms in total. The van der Waals surface area contributed by atoms with Crippen molar-refractivity contribution < 1.29 is 9.18 Å². The van der Waals surface area contributed by atoms with Gasteiger partial charge in [-0.15, -0.1) is 0 Å². The molecule has 1 unspecified atom stereocenters. The van der Waals surface area contributed by atoms with Gasteiger partial charge in [-0.2, -0.15) is 0 Å². The highest BCUT2D eigenvalue weighted by molar-refractivity contribution is 5.82. The summed E-state index contributed by atoms with van der Waals surface area (Å²) in [5, 5.41) is 0. The predicted molar refractivity (Wildman–Crippen MR) is 59.2 cm³/mol. The van der Waals surface area contributed by atoms with Crippen molar-refractivity contribution in [1.29, 1.82) is 0 Å². The molecule has 0 radical (unpaired) electrons. The van der Waals surface area contributed by atoms with Crippen molar-refractivity contribution in [2.75, 3.05) is 0 Å². The van der Waals surface area contributed by atoms with Crippen LogP contribution in [-0.4, -0.2) is 15.3 Å². The van der Waals surface area contributed by atoms with Crippen LogP contribution >= 0.6 is 0 Å². The van der Waals surface area contributed by atoms with E-state index in [2.05, 4.69) is 4.98 Å². The Hall–Kier alpha value is -1.71. The molecule has 1 aromatic rings. The molecule has 1 heterocycles. The zero-order valence-corrected chi connectivity index (χ0v) is 9.27. The predicted octanol–water partition coefficient (Wildman–Crippen LogP) is 2.49. The van der Waals surface area contributed by atoms with E-state index in [1.807, 2.05) is 6.92 Å². The number of aryl methyl sites for hydroxylation is 1. The normalized spacial score (nSPS) is 20.3. The summed E-state index contributed by atoms with van der Waals surface area (Å²) < 4.78 is 15.4. The fraction of sp³-hybridized carbons (Fsp3) is 0.333. The molecule has 0 spiro atoms. The number of hydrogen-bond donors (Lipinski definition) is 0. The lowest BCUT2D eigenvalue weighted by atomic mass is 9.95. The zero-order valence-electron chi connectivity index (χ0n) is 9.27. The highest BCUT2D eigenvalue weighted by Crippen LogP contribution is 2.27. The van der Waals surface area contributed by atoms with Crippen molar-refractivity contribution in [3.8, 4) is 0 Å². The summed E-state index contributed by atoms with van der Waals surface area (Å²) in [5.74, 6) is -0.690. The smallest absolute Gasteiger partial charge is 0.143 e. The molecule has 1 aliphatic carbocycles. The van der Waals surface area contributed by atoms with Crippen molar-refractivity contribution in [2.24, 2.45) is 5.92 Å². The summed E-state index contributed by atoms with van der Waals surface area (Å²) in [6, 6.07) is 0. The van der Waals surface area contributed by atoms with E-state index in [1.165, 1.54) is 13.0 Å². The lowest BCUT2D eigenvalue weighted by Gasteiger charge is -2.15. The molecule has 0 saturated carbocycles. The van der Waals surface area contributed by atoms with Gasteiger partial charge in [0.2, 0.25) is 0 Å². The Bertz CT molecular complexity index is 485. The van der Waals surface area contributed by atoms with Gasteiger partial charge in [-0.05, 0) is 26.3 Å². The SMILES string of the molecule is CC(=O)C1C=C(F)C(n2cnc(C)c2)=CC1. The molecule has 0 aromatic carbocycles. The highest BCUT2D eigenvalue weighted by Gasteiger charge is 2.19. The van der Waals surface area contributed by atoms with Gasteiger partial charge in [0, 0.05) is 12.1 Å². The number of nitrogens with zero attached hydrogens (tertiary/aromatic N) is 2. The summed E-state index contributed by atoms with van der Waals surface area (Å²) in [6.07, 6.45) is 7.00. The Balaban J connectivity index is 2.27. The monoisotopic (exact) mass is 220 g/mol. The topological polar surface area (TPSA) is 34.9 Å². The van der Waals surface area contributed by atoms with Gasteiger partial charge in [0.1, 0.15) is 11.6 Å². The number of ketones is 1. The molecule has 0 bridgehead atoms. The number of imidazole rings is 1. The van der Waals surface area contributed by atoms with Crippen LogP contribution in [0, 0.1) is 12.8 Å². The van der Waals surface area contributed by atoms with Crippen molar-refractivity contribution in [1.82, 2.24) is 9.55 Å². The van der Waals surface area contributed by atoms with Crippen LogP contribution in [0.25, 0.3) is 5.70 Å². The minimum atomic E-state index is -0.358. The Kier molecular flexibility index (Phi) is 2.73. The molecule has 1 atom stereocenters. The average molecular weight is 220 g/mol. The third-order valence-electron chi connectivity index (χ3n) is 2.67. The molecule has 2 rings (SSSR count). The van der Waals surface area contributed by atoms with Crippen LogP contribution in [0.5, 0.6) is 0 Å². The van der Waals surface area contributed by atoms with Crippen LogP contribution in [-0.2, 0) is 4.79 Å². The zero-order chi connectivity index (χ0) is 11.7. The van der Waals surface area contributed by atoms with Gasteiger partial charge in [-0.1, -0.05) is 6.08 Å². The largest absolute Gasteiger partial charge is 0.303 e. The van der Waals surface area contributed by atoms with Gasteiger partial charge < -0.3 is 4.57 Å². The first kappa shape index (κ1) is 10.8. The van der Waals surface area contributed by atoms with Crippen molar-refractivity contribution in [2.45, 2.75) is 20.3 Å². The number of Topliss-reactive ketones (excluding diaryl/α,β-unsaturated/α-hetero) is 1. The molecule has 0 N–H and O–H groups in total. The van der Waals surface area contributed by atoms with E-state index in [0.29, 0.717) is 12.1 Å². The fourth-order valence-corrected chi connectivity index (χ4v) is 1.73. The standard InChI is InChI=1S/C12H13FN2O/c1-8-6-15(7-14-8)12-4-3-10(9(2)16)5-11(12)13/h4-7,10H,3H2,1-2H3. The molecule has 0 fully saturated rings. The number of carbonyl (C=O) groups excluding carboxylic acids is 1. The second-order valence-electron chi connectivity index (χ2n) is 3.98. The first-order valence-electron chi connectivity index (χ1n) is 5.17. The quantitative estimate of drug-likeness (QED) is 0.767. The first-order chi connectivity index (χ1) is 7.58. The summed E-state index contributed by atoms with van der Waals surface area (Å²) in [6.45, 7) is 3.33. The molecule has 1 aromatic heterocycles. The Morgan fingerprint density at radius 1 is 1.62 bits per heavy atom. The van der Waals surface area contributed by atoms with E-state index in [-0.39, 0.29) is 17.5 Å². The summed E-state index contributed by atoms with van der Waals surface area (Å²) in [4.78, 5) is 15.2. The van der Waals surface area contributed by atoms with Crippen LogP contribution in [0.3, 0.4) is 0 Å². The minimum Gasteiger partial charge on any atom is -0.303 e. The number of allylic oxidation sites excluding steroid dienone is 4. The average Bonchev–Trinajstić information content (AvgIpc) is 2.64. The van der Waals surface area contributed by atoms with Gasteiger partial charge in [-0.3, -0.25) is 4.79 Å². The number of hydrogen-bond acceptors (Lipinski definition) is 2. The Morgan fingerprint density at radius 3 is 2.88 bits per heavy atom. The number of aromatic nitrogens is 2. The van der Waals surface area contributed by atoms with Crippen LogP contribution in [0.4, 0.5) is 4.39 Å². The number of carbonyl (C=O) groups is 1. The number of halogens is 1. The van der Waals surface area contributed by atoms with Crippen LogP contribution < -0.4 is 0 Å². The molecule has 4 heteroatoms. The molecule has 0 saturated heterocycles. The third-order valence-corrected chi connectivity index (χ3v) is 2.67. The molecule has 0 amide bonds. The maximum atomic E-state index is 13.7. The van der Waals surface area contributed by atoms with Crippen molar-refractivity contribution in [3.63, 3.8) is 0 Å². The van der Waals surface area contributed by atoms with Gasteiger partial charge in [-0.25, -0.2) is 9.37 Å². The maximum absolute atomic E-state index is 13.7. The summed E-state index contributed by atoms with van der Waals surface area (Å²) >= 11 is 0. The fourth-order valence-electron chi connectivity index (χ4n) is 1.73. The lowest BCUT2D eigenvalue weighted by molar-refractivity contribution is -0.119. The summed E-state index contributed by atoms with van der Waals surface area (Å²) in [7, 11) is 0. The van der Waals surface area contributed by atoms with E-state index >= 15 is 0 Å². The summed E-state index contributed by atoms with van der Waals surface area (Å²) in [5.41, 5.74) is 1.31. The van der Waals surface area contributed by atoms with Crippen LogP contribution in [0.1, 0.15) is 19.0 Å². The molecule has 1 aliphatic rings.